The predicted octanol–water partition coefficient (Wildman–Crippen LogP) is 3.65. The molecule has 1 saturated heterocycles. The zero-order valence-electron chi connectivity index (χ0n) is 18.9. The molecule has 2 aromatic carbocycles. The second-order valence-electron chi connectivity index (χ2n) is 8.71. The highest BCUT2D eigenvalue weighted by molar-refractivity contribution is 5.74. The molecule has 9 nitrogen and oxygen atoms in total. The van der Waals surface area contributed by atoms with Crippen LogP contribution in [0, 0.1) is 11.3 Å². The number of amides is 1. The third-order valence-corrected chi connectivity index (χ3v) is 6.34. The summed E-state index contributed by atoms with van der Waals surface area (Å²) in [6, 6.07) is 13.2. The van der Waals surface area contributed by atoms with E-state index in [2.05, 4.69) is 16.2 Å². The Labute approximate surface area is 196 Å². The molecule has 1 atom stereocenters. The van der Waals surface area contributed by atoms with Crippen molar-refractivity contribution >= 4 is 6.09 Å². The van der Waals surface area contributed by atoms with Gasteiger partial charge in [0.05, 0.1) is 18.3 Å². The van der Waals surface area contributed by atoms with Gasteiger partial charge >= 0.3 is 6.09 Å². The van der Waals surface area contributed by atoms with Crippen LogP contribution in [-0.2, 0) is 16.7 Å². The van der Waals surface area contributed by atoms with Crippen molar-refractivity contribution in [3.8, 4) is 34.7 Å². The summed E-state index contributed by atoms with van der Waals surface area (Å²) < 4.78 is 16.6. The Morgan fingerprint density at radius 3 is 2.94 bits per heavy atom. The molecular formula is C25H24N4O5. The van der Waals surface area contributed by atoms with Crippen LogP contribution in [0.4, 0.5) is 4.79 Å². The molecule has 0 unspecified atom stereocenters. The van der Waals surface area contributed by atoms with E-state index in [1.807, 2.05) is 32.0 Å². The van der Waals surface area contributed by atoms with Crippen molar-refractivity contribution in [3.05, 3.63) is 53.1 Å². The molecule has 1 aliphatic carbocycles. The van der Waals surface area contributed by atoms with Gasteiger partial charge in [-0.05, 0) is 56.0 Å². The largest absolute Gasteiger partial charge is 0.490 e. The molecule has 0 bridgehead atoms. The Balaban J connectivity index is 1.50. The number of carbonyl (C=O) groups is 1. The number of benzene rings is 2. The van der Waals surface area contributed by atoms with Crippen molar-refractivity contribution in [1.29, 1.82) is 5.26 Å². The molecule has 5 rings (SSSR count). The molecule has 2 aliphatic rings. The quantitative estimate of drug-likeness (QED) is 0.592. The summed E-state index contributed by atoms with van der Waals surface area (Å²) in [5, 5.41) is 23.2. The number of aliphatic hydroxyl groups excluding tert-OH is 1. The van der Waals surface area contributed by atoms with Gasteiger partial charge in [-0.15, -0.1) is 0 Å². The third kappa shape index (κ3) is 3.47. The maximum absolute atomic E-state index is 12.3. The highest BCUT2D eigenvalue weighted by Crippen LogP contribution is 2.47. The number of cyclic esters (lactones) is 1. The standard InChI is InChI=1S/C25H24N4O5/c1-15(2)33-21-7-6-16(12-17(21)13-26)23-27-22(28-34-23)19-4-3-5-20-18(19)8-9-25(20)14-32-24(31)29(25)10-11-30/h3-7,12,15,30H,8-11,14H2,1-2H3/t25-/m1/s1. The Bertz CT molecular complexity index is 1290. The van der Waals surface area contributed by atoms with Crippen molar-refractivity contribution in [3.63, 3.8) is 0 Å². The number of nitriles is 1. The number of rotatable bonds is 6. The summed E-state index contributed by atoms with van der Waals surface area (Å²) in [4.78, 5) is 18.5. The summed E-state index contributed by atoms with van der Waals surface area (Å²) in [5.41, 5.74) is 3.27. The van der Waals surface area contributed by atoms with E-state index in [0.717, 1.165) is 16.7 Å². The monoisotopic (exact) mass is 460 g/mol. The minimum atomic E-state index is -0.592. The van der Waals surface area contributed by atoms with E-state index in [1.165, 1.54) is 0 Å². The Kier molecular flexibility index (Phi) is 5.46. The zero-order valence-corrected chi connectivity index (χ0v) is 18.9. The number of aliphatic hydroxyl groups is 1. The molecule has 0 saturated carbocycles. The SMILES string of the molecule is CC(C)Oc1ccc(-c2nc(-c3cccc4c3CC[C@@]43COC(=O)N3CCO)no2)cc1C#N. The van der Waals surface area contributed by atoms with Gasteiger partial charge in [-0.3, -0.25) is 4.90 Å². The first kappa shape index (κ1) is 21.9. The summed E-state index contributed by atoms with van der Waals surface area (Å²) in [6.07, 6.45) is 0.949. The van der Waals surface area contributed by atoms with E-state index in [1.54, 1.807) is 23.1 Å². The second-order valence-corrected chi connectivity index (χ2v) is 8.71. The molecular weight excluding hydrogens is 436 g/mol. The average molecular weight is 460 g/mol. The number of fused-ring (bicyclic) bond motifs is 2. The summed E-state index contributed by atoms with van der Waals surface area (Å²) in [6.45, 7) is 4.14. The van der Waals surface area contributed by atoms with Gasteiger partial charge in [0.15, 0.2) is 0 Å². The topological polar surface area (TPSA) is 122 Å². The van der Waals surface area contributed by atoms with Crippen molar-refractivity contribution in [2.75, 3.05) is 19.8 Å². The minimum Gasteiger partial charge on any atom is -0.490 e. The van der Waals surface area contributed by atoms with Crippen LogP contribution in [0.3, 0.4) is 0 Å². The lowest BCUT2D eigenvalue weighted by Gasteiger charge is -2.32. The molecule has 3 aromatic rings. The van der Waals surface area contributed by atoms with E-state index in [-0.39, 0.29) is 25.9 Å². The second kappa shape index (κ2) is 8.47. The van der Waals surface area contributed by atoms with Crippen LogP contribution in [0.15, 0.2) is 40.9 Å². The van der Waals surface area contributed by atoms with Crippen LogP contribution in [0.2, 0.25) is 0 Å². The highest BCUT2D eigenvalue weighted by atomic mass is 16.6. The number of hydrogen-bond donors (Lipinski definition) is 1. The lowest BCUT2D eigenvalue weighted by molar-refractivity contribution is 0.128. The Hall–Kier alpha value is -3.90. The number of ether oxygens (including phenoxy) is 2. The molecule has 1 fully saturated rings. The number of aromatic nitrogens is 2. The van der Waals surface area contributed by atoms with E-state index in [4.69, 9.17) is 14.0 Å². The molecule has 1 aromatic heterocycles. The highest BCUT2D eigenvalue weighted by Gasteiger charge is 2.52. The molecule has 1 N–H and O–H groups in total. The number of nitrogens with zero attached hydrogens (tertiary/aromatic N) is 4. The van der Waals surface area contributed by atoms with E-state index in [9.17, 15) is 15.2 Å². The lowest BCUT2D eigenvalue weighted by Crippen LogP contribution is -2.44. The molecule has 2 heterocycles. The molecule has 1 aliphatic heterocycles. The molecule has 34 heavy (non-hydrogen) atoms. The van der Waals surface area contributed by atoms with Crippen LogP contribution in [0.5, 0.6) is 5.75 Å². The molecule has 174 valence electrons. The number of hydrogen-bond acceptors (Lipinski definition) is 8. The van der Waals surface area contributed by atoms with Gasteiger partial charge in [0, 0.05) is 17.7 Å². The first-order valence-electron chi connectivity index (χ1n) is 11.2. The van der Waals surface area contributed by atoms with Crippen molar-refractivity contribution in [2.45, 2.75) is 38.3 Å². The zero-order chi connectivity index (χ0) is 23.9. The molecule has 1 spiro atoms. The smallest absolute Gasteiger partial charge is 0.410 e. The van der Waals surface area contributed by atoms with Crippen molar-refractivity contribution in [1.82, 2.24) is 15.0 Å². The normalized spacial score (nSPS) is 18.9. The minimum absolute atomic E-state index is 0.0507. The maximum atomic E-state index is 12.3. The lowest BCUT2D eigenvalue weighted by atomic mass is 9.90. The molecule has 9 heteroatoms. The van der Waals surface area contributed by atoms with Crippen LogP contribution in [-0.4, -0.2) is 52.1 Å². The number of carbonyl (C=O) groups excluding carboxylic acids is 1. The van der Waals surface area contributed by atoms with Crippen LogP contribution in [0.1, 0.15) is 37.0 Å². The third-order valence-electron chi connectivity index (χ3n) is 6.34. The fourth-order valence-electron chi connectivity index (χ4n) is 4.87. The van der Waals surface area contributed by atoms with Gasteiger partial charge in [0.2, 0.25) is 5.82 Å². The van der Waals surface area contributed by atoms with Crippen molar-refractivity contribution < 1.29 is 23.9 Å². The van der Waals surface area contributed by atoms with Gasteiger partial charge in [-0.25, -0.2) is 4.79 Å². The van der Waals surface area contributed by atoms with Gasteiger partial charge < -0.3 is 19.1 Å². The van der Waals surface area contributed by atoms with Crippen LogP contribution >= 0.6 is 0 Å². The fraction of sp³-hybridized carbons (Fsp3) is 0.360. The van der Waals surface area contributed by atoms with E-state index >= 15 is 0 Å². The molecule has 1 amide bonds. The Morgan fingerprint density at radius 2 is 2.18 bits per heavy atom. The average Bonchev–Trinajstić information content (AvgIpc) is 3.54. The van der Waals surface area contributed by atoms with Gasteiger partial charge in [-0.1, -0.05) is 23.4 Å². The van der Waals surface area contributed by atoms with Gasteiger partial charge in [-0.2, -0.15) is 10.2 Å². The van der Waals surface area contributed by atoms with E-state index in [0.29, 0.717) is 41.4 Å². The predicted molar refractivity (Wildman–Crippen MR) is 121 cm³/mol. The fourth-order valence-corrected chi connectivity index (χ4v) is 4.87. The first-order chi connectivity index (χ1) is 16.5. The van der Waals surface area contributed by atoms with Crippen LogP contribution in [0.25, 0.3) is 22.8 Å². The van der Waals surface area contributed by atoms with Gasteiger partial charge in [0.1, 0.15) is 24.0 Å². The summed E-state index contributed by atoms with van der Waals surface area (Å²) in [7, 11) is 0. The maximum Gasteiger partial charge on any atom is 0.410 e. The van der Waals surface area contributed by atoms with E-state index < -0.39 is 11.6 Å². The van der Waals surface area contributed by atoms with Crippen LogP contribution < -0.4 is 4.74 Å². The van der Waals surface area contributed by atoms with Gasteiger partial charge in [0.25, 0.3) is 5.89 Å². The Morgan fingerprint density at radius 1 is 1.32 bits per heavy atom. The first-order valence-corrected chi connectivity index (χ1v) is 11.2. The summed E-state index contributed by atoms with van der Waals surface area (Å²) >= 11 is 0. The molecule has 0 radical (unpaired) electrons. The number of β-amino-alcohol motifs (C(OH)–C–C–N with tert-alkyl or cyclic N) is 1. The summed E-state index contributed by atoms with van der Waals surface area (Å²) in [5.74, 6) is 1.24. The van der Waals surface area contributed by atoms with Crippen molar-refractivity contribution in [2.24, 2.45) is 0 Å².